The molecule has 0 spiro atoms. The first-order valence-electron chi connectivity index (χ1n) is 6.21. The summed E-state index contributed by atoms with van der Waals surface area (Å²) >= 11 is 0. The number of hydrogen-bond donors (Lipinski definition) is 1. The van der Waals surface area contributed by atoms with Crippen LogP contribution in [-0.2, 0) is 10.0 Å². The number of hydrogen-bond acceptors (Lipinski definition) is 4. The SMILES string of the molecule is COc1ccccc(NS(=O)(=O)c2ccc(C)cc2)c1=O. The van der Waals surface area contributed by atoms with Crippen LogP contribution >= 0.6 is 0 Å². The lowest BCUT2D eigenvalue weighted by Gasteiger charge is -2.07. The summed E-state index contributed by atoms with van der Waals surface area (Å²) < 4.78 is 31.8. The van der Waals surface area contributed by atoms with Gasteiger partial charge < -0.3 is 4.74 Å². The lowest BCUT2D eigenvalue weighted by molar-refractivity contribution is 0.411. The Bertz CT molecular complexity index is 799. The van der Waals surface area contributed by atoms with E-state index in [0.717, 1.165) is 5.56 Å². The normalized spacial score (nSPS) is 11.0. The van der Waals surface area contributed by atoms with Crippen molar-refractivity contribution < 1.29 is 13.2 Å². The molecule has 0 radical (unpaired) electrons. The van der Waals surface area contributed by atoms with Crippen molar-refractivity contribution in [1.29, 1.82) is 0 Å². The van der Waals surface area contributed by atoms with Crippen LogP contribution in [0, 0.1) is 6.92 Å². The summed E-state index contributed by atoms with van der Waals surface area (Å²) in [6.45, 7) is 1.86. The third kappa shape index (κ3) is 3.41. The molecule has 6 heteroatoms. The van der Waals surface area contributed by atoms with E-state index in [9.17, 15) is 13.2 Å². The molecule has 0 aliphatic heterocycles. The van der Waals surface area contributed by atoms with Crippen LogP contribution in [0.4, 0.5) is 5.69 Å². The van der Waals surface area contributed by atoms with Crippen LogP contribution in [0.5, 0.6) is 5.75 Å². The second-order valence-electron chi connectivity index (χ2n) is 4.45. The molecule has 2 aromatic rings. The molecule has 0 aromatic heterocycles. The van der Waals surface area contributed by atoms with Gasteiger partial charge >= 0.3 is 0 Å². The van der Waals surface area contributed by atoms with Crippen LogP contribution in [0.15, 0.2) is 58.2 Å². The first kappa shape index (κ1) is 15.1. The Morgan fingerprint density at radius 2 is 1.62 bits per heavy atom. The van der Waals surface area contributed by atoms with Crippen molar-refractivity contribution in [3.63, 3.8) is 0 Å². The molecule has 0 fully saturated rings. The first-order chi connectivity index (χ1) is 9.94. The lowest BCUT2D eigenvalue weighted by Crippen LogP contribution is -2.18. The zero-order valence-corrected chi connectivity index (χ0v) is 12.5. The molecule has 2 aromatic carbocycles. The number of nitrogens with one attached hydrogen (secondary N) is 1. The molecule has 0 atom stereocenters. The van der Waals surface area contributed by atoms with Gasteiger partial charge in [-0.2, -0.15) is 0 Å². The third-order valence-electron chi connectivity index (χ3n) is 2.89. The minimum Gasteiger partial charge on any atom is -0.493 e. The highest BCUT2D eigenvalue weighted by Crippen LogP contribution is 2.15. The molecule has 0 saturated heterocycles. The van der Waals surface area contributed by atoms with Gasteiger partial charge in [0.2, 0.25) is 5.43 Å². The topological polar surface area (TPSA) is 72.5 Å². The van der Waals surface area contributed by atoms with Crippen molar-refractivity contribution in [2.45, 2.75) is 11.8 Å². The van der Waals surface area contributed by atoms with Gasteiger partial charge in [0.1, 0.15) is 5.69 Å². The molecule has 0 aliphatic carbocycles. The Morgan fingerprint density at radius 3 is 2.24 bits per heavy atom. The van der Waals surface area contributed by atoms with E-state index in [1.807, 2.05) is 6.92 Å². The standard InChI is InChI=1S/C15H15NO4S/c1-11-7-9-12(10-8-11)21(18,19)16-13-5-3-4-6-14(20-2)15(13)17/h3-10H,1-2H3,(H,16,17). The van der Waals surface area contributed by atoms with E-state index in [1.54, 1.807) is 24.3 Å². The predicted octanol–water partition coefficient (Wildman–Crippen LogP) is 2.16. The van der Waals surface area contributed by atoms with Gasteiger partial charge in [0.15, 0.2) is 5.75 Å². The molecule has 0 saturated carbocycles. The van der Waals surface area contributed by atoms with Crippen LogP contribution < -0.4 is 14.9 Å². The van der Waals surface area contributed by atoms with Crippen LogP contribution in [0.1, 0.15) is 5.56 Å². The largest absolute Gasteiger partial charge is 0.493 e. The van der Waals surface area contributed by atoms with E-state index in [1.165, 1.54) is 31.4 Å². The summed E-state index contributed by atoms with van der Waals surface area (Å²) in [5.41, 5.74) is 0.377. The molecule has 0 aliphatic rings. The zero-order valence-electron chi connectivity index (χ0n) is 11.7. The van der Waals surface area contributed by atoms with Crippen molar-refractivity contribution in [1.82, 2.24) is 0 Å². The molecule has 110 valence electrons. The molecule has 0 amide bonds. The fourth-order valence-corrected chi connectivity index (χ4v) is 2.80. The predicted molar refractivity (Wildman–Crippen MR) is 81.3 cm³/mol. The average molecular weight is 305 g/mol. The fourth-order valence-electron chi connectivity index (χ4n) is 1.74. The van der Waals surface area contributed by atoms with E-state index in [4.69, 9.17) is 4.74 Å². The Balaban J connectivity index is 2.45. The molecule has 2 rings (SSSR count). The summed E-state index contributed by atoms with van der Waals surface area (Å²) in [7, 11) is -2.46. The maximum atomic E-state index is 12.3. The Labute approximate surface area is 123 Å². The van der Waals surface area contributed by atoms with Gasteiger partial charge in [-0.3, -0.25) is 9.52 Å². The summed E-state index contributed by atoms with van der Waals surface area (Å²) in [4.78, 5) is 12.2. The van der Waals surface area contributed by atoms with Gasteiger partial charge in [-0.15, -0.1) is 0 Å². The monoisotopic (exact) mass is 305 g/mol. The van der Waals surface area contributed by atoms with Gasteiger partial charge in [-0.1, -0.05) is 29.8 Å². The second kappa shape index (κ2) is 5.97. The van der Waals surface area contributed by atoms with Crippen LogP contribution in [0.3, 0.4) is 0 Å². The van der Waals surface area contributed by atoms with Gasteiger partial charge in [0.25, 0.3) is 10.0 Å². The Hall–Kier alpha value is -2.34. The number of aryl methyl sites for hydroxylation is 1. The van der Waals surface area contributed by atoms with Gasteiger partial charge in [0, 0.05) is 0 Å². The lowest BCUT2D eigenvalue weighted by atomic mass is 10.2. The minimum atomic E-state index is -3.81. The second-order valence-corrected chi connectivity index (χ2v) is 6.13. The number of sulfonamides is 1. The van der Waals surface area contributed by atoms with E-state index in [-0.39, 0.29) is 16.3 Å². The summed E-state index contributed by atoms with van der Waals surface area (Å²) in [6, 6.07) is 12.4. The van der Waals surface area contributed by atoms with Crippen LogP contribution in [0.2, 0.25) is 0 Å². The molecule has 0 unspecified atom stereocenters. The molecule has 0 heterocycles. The number of benzene rings is 1. The minimum absolute atomic E-state index is 0.0579. The molecule has 1 N–H and O–H groups in total. The molecule has 0 bridgehead atoms. The third-order valence-corrected chi connectivity index (χ3v) is 4.27. The quantitative estimate of drug-likeness (QED) is 0.939. The number of anilines is 1. The van der Waals surface area contributed by atoms with Gasteiger partial charge in [0.05, 0.1) is 12.0 Å². The van der Waals surface area contributed by atoms with Crippen LogP contribution in [0.25, 0.3) is 0 Å². The van der Waals surface area contributed by atoms with Crippen molar-refractivity contribution in [2.24, 2.45) is 0 Å². The molecule has 21 heavy (non-hydrogen) atoms. The number of ether oxygens (including phenoxy) is 1. The number of methoxy groups -OCH3 is 1. The summed E-state index contributed by atoms with van der Waals surface area (Å²) in [5, 5.41) is 0. The van der Waals surface area contributed by atoms with Gasteiger partial charge in [-0.25, -0.2) is 8.42 Å². The highest BCUT2D eigenvalue weighted by Gasteiger charge is 2.16. The van der Waals surface area contributed by atoms with Crippen molar-refractivity contribution in [3.05, 3.63) is 64.3 Å². The Kier molecular flexibility index (Phi) is 4.28. The fraction of sp³-hybridized carbons (Fsp3) is 0.133. The first-order valence-corrected chi connectivity index (χ1v) is 7.69. The highest BCUT2D eigenvalue weighted by molar-refractivity contribution is 7.92. The van der Waals surface area contributed by atoms with E-state index in [2.05, 4.69) is 4.72 Å². The van der Waals surface area contributed by atoms with Crippen molar-refractivity contribution in [3.8, 4) is 5.75 Å². The number of rotatable bonds is 4. The zero-order chi connectivity index (χ0) is 15.5. The van der Waals surface area contributed by atoms with Crippen LogP contribution in [-0.4, -0.2) is 15.5 Å². The highest BCUT2D eigenvalue weighted by atomic mass is 32.2. The molecular formula is C15H15NO4S. The smallest absolute Gasteiger partial charge is 0.262 e. The van der Waals surface area contributed by atoms with Crippen molar-refractivity contribution >= 4 is 15.7 Å². The molecular weight excluding hydrogens is 290 g/mol. The van der Waals surface area contributed by atoms with Crippen molar-refractivity contribution in [2.75, 3.05) is 11.8 Å². The Morgan fingerprint density at radius 1 is 1.00 bits per heavy atom. The molecule has 5 nitrogen and oxygen atoms in total. The summed E-state index contributed by atoms with van der Waals surface area (Å²) in [5.74, 6) is 0.0709. The summed E-state index contributed by atoms with van der Waals surface area (Å²) in [6.07, 6.45) is 0. The average Bonchev–Trinajstić information content (AvgIpc) is 2.61. The maximum Gasteiger partial charge on any atom is 0.262 e. The van der Waals surface area contributed by atoms with E-state index < -0.39 is 15.5 Å². The van der Waals surface area contributed by atoms with Gasteiger partial charge in [-0.05, 0) is 31.2 Å². The maximum absolute atomic E-state index is 12.3. The van der Waals surface area contributed by atoms with E-state index in [0.29, 0.717) is 0 Å². The van der Waals surface area contributed by atoms with E-state index >= 15 is 0 Å².